The number of anilines is 1. The van der Waals surface area contributed by atoms with Crippen LogP contribution in [-0.2, 0) is 19.6 Å². The zero-order valence-electron chi connectivity index (χ0n) is 19.1. The van der Waals surface area contributed by atoms with Crippen LogP contribution in [-0.4, -0.2) is 55.5 Å². The van der Waals surface area contributed by atoms with Crippen LogP contribution in [0.3, 0.4) is 0 Å². The Morgan fingerprint density at radius 3 is 2.71 bits per heavy atom. The number of sulfonamides is 1. The van der Waals surface area contributed by atoms with Gasteiger partial charge in [0.1, 0.15) is 11.9 Å². The Hall–Kier alpha value is -2.11. The standard InChI is InChI=1S/C24H25ClFN3O4S2/c1-15-19(25)10-11-21-22(15)27-24(34-21)28(14-17-4-3-13-33-17)23(30)20-5-2-12-29(20)35(31,32)18-8-6-16(26)7-9-18/h6-11,17,20H,2-5,12-14H2,1H3. The molecule has 2 aromatic carbocycles. The molecule has 0 N–H and O–H groups in total. The number of fused-ring (bicyclic) bond motifs is 1. The molecule has 1 amide bonds. The largest absolute Gasteiger partial charge is 0.376 e. The molecule has 0 saturated carbocycles. The van der Waals surface area contributed by atoms with E-state index in [9.17, 15) is 17.6 Å². The zero-order valence-corrected chi connectivity index (χ0v) is 21.5. The van der Waals surface area contributed by atoms with E-state index in [1.807, 2.05) is 13.0 Å². The molecule has 0 spiro atoms. The molecule has 5 rings (SSSR count). The van der Waals surface area contributed by atoms with Crippen LogP contribution >= 0.6 is 22.9 Å². The Balaban J connectivity index is 1.50. The number of carbonyl (C=O) groups is 1. The van der Waals surface area contributed by atoms with Crippen LogP contribution in [0.15, 0.2) is 41.3 Å². The second kappa shape index (κ2) is 9.74. The average molecular weight is 538 g/mol. The van der Waals surface area contributed by atoms with Gasteiger partial charge >= 0.3 is 0 Å². The normalized spacial score (nSPS) is 21.1. The molecular formula is C24H25ClFN3O4S2. The van der Waals surface area contributed by atoms with Crippen molar-refractivity contribution in [2.24, 2.45) is 0 Å². The van der Waals surface area contributed by atoms with Gasteiger partial charge in [-0.3, -0.25) is 9.69 Å². The number of hydrogen-bond donors (Lipinski definition) is 0. The van der Waals surface area contributed by atoms with Crippen LogP contribution in [0.1, 0.15) is 31.2 Å². The molecule has 11 heteroatoms. The van der Waals surface area contributed by atoms with Gasteiger partial charge in [0.2, 0.25) is 15.9 Å². The van der Waals surface area contributed by atoms with Crippen molar-refractivity contribution in [3.63, 3.8) is 0 Å². The van der Waals surface area contributed by atoms with Crippen molar-refractivity contribution in [2.45, 2.75) is 49.6 Å². The number of amides is 1. The number of benzene rings is 2. The third-order valence-electron chi connectivity index (χ3n) is 6.55. The number of hydrogen-bond acceptors (Lipinski definition) is 6. The van der Waals surface area contributed by atoms with Gasteiger partial charge in [-0.15, -0.1) is 0 Å². The SMILES string of the molecule is Cc1c(Cl)ccc2sc(N(CC3CCCO3)C(=O)C3CCCN3S(=O)(=O)c3ccc(F)cc3)nc12. The molecule has 2 aliphatic rings. The fourth-order valence-corrected chi connectivity index (χ4v) is 7.50. The highest BCUT2D eigenvalue weighted by Crippen LogP contribution is 2.36. The highest BCUT2D eigenvalue weighted by atomic mass is 35.5. The van der Waals surface area contributed by atoms with Crippen LogP contribution in [0, 0.1) is 12.7 Å². The Kier molecular flexibility index (Phi) is 6.84. The molecule has 7 nitrogen and oxygen atoms in total. The van der Waals surface area contributed by atoms with Gasteiger partial charge < -0.3 is 4.74 Å². The highest BCUT2D eigenvalue weighted by Gasteiger charge is 2.42. The first-order valence-corrected chi connectivity index (χ1v) is 14.1. The lowest BCUT2D eigenvalue weighted by Gasteiger charge is -2.29. The summed E-state index contributed by atoms with van der Waals surface area (Å²) in [6, 6.07) is 7.49. The van der Waals surface area contributed by atoms with Crippen molar-refractivity contribution in [3.05, 3.63) is 52.8 Å². The maximum absolute atomic E-state index is 13.9. The second-order valence-corrected chi connectivity index (χ2v) is 12.1. The summed E-state index contributed by atoms with van der Waals surface area (Å²) in [6.45, 7) is 3.04. The molecule has 0 aliphatic carbocycles. The summed E-state index contributed by atoms with van der Waals surface area (Å²) in [6.07, 6.45) is 2.55. The van der Waals surface area contributed by atoms with E-state index in [1.165, 1.54) is 27.8 Å². The summed E-state index contributed by atoms with van der Waals surface area (Å²) < 4.78 is 48.1. The lowest BCUT2D eigenvalue weighted by molar-refractivity contribution is -0.122. The second-order valence-electron chi connectivity index (χ2n) is 8.83. The highest BCUT2D eigenvalue weighted by molar-refractivity contribution is 7.89. The lowest BCUT2D eigenvalue weighted by Crippen LogP contribution is -2.49. The number of nitrogens with zero attached hydrogens (tertiary/aromatic N) is 3. The minimum Gasteiger partial charge on any atom is -0.376 e. The van der Waals surface area contributed by atoms with E-state index in [2.05, 4.69) is 0 Å². The molecule has 186 valence electrons. The van der Waals surface area contributed by atoms with Gasteiger partial charge in [-0.05, 0) is 74.6 Å². The molecule has 2 fully saturated rings. The summed E-state index contributed by atoms with van der Waals surface area (Å²) in [5.74, 6) is -0.849. The van der Waals surface area contributed by atoms with Crippen LogP contribution < -0.4 is 4.90 Å². The van der Waals surface area contributed by atoms with E-state index < -0.39 is 21.9 Å². The fraction of sp³-hybridized carbons (Fsp3) is 0.417. The molecule has 2 aliphatic heterocycles. The molecule has 35 heavy (non-hydrogen) atoms. The molecular weight excluding hydrogens is 513 g/mol. The smallest absolute Gasteiger partial charge is 0.247 e. The number of rotatable bonds is 6. The Morgan fingerprint density at radius 1 is 1.23 bits per heavy atom. The van der Waals surface area contributed by atoms with E-state index in [-0.39, 0.29) is 23.5 Å². The van der Waals surface area contributed by atoms with Crippen molar-refractivity contribution < 1.29 is 22.3 Å². The van der Waals surface area contributed by atoms with Crippen molar-refractivity contribution >= 4 is 54.2 Å². The van der Waals surface area contributed by atoms with Crippen molar-refractivity contribution in [1.82, 2.24) is 9.29 Å². The van der Waals surface area contributed by atoms with Crippen LogP contribution in [0.5, 0.6) is 0 Å². The van der Waals surface area contributed by atoms with Gasteiger partial charge in [-0.1, -0.05) is 22.9 Å². The molecule has 2 atom stereocenters. The molecule has 0 radical (unpaired) electrons. The maximum Gasteiger partial charge on any atom is 0.247 e. The number of ether oxygens (including phenoxy) is 1. The van der Waals surface area contributed by atoms with Gasteiger partial charge in [0, 0.05) is 18.2 Å². The summed E-state index contributed by atoms with van der Waals surface area (Å²) in [5.41, 5.74) is 1.56. The molecule has 1 aromatic heterocycles. The zero-order chi connectivity index (χ0) is 24.7. The minimum absolute atomic E-state index is 0.0328. The Morgan fingerprint density at radius 2 is 2.00 bits per heavy atom. The van der Waals surface area contributed by atoms with E-state index in [4.69, 9.17) is 21.3 Å². The molecule has 2 unspecified atom stereocenters. The predicted octanol–water partition coefficient (Wildman–Crippen LogP) is 4.76. The number of aryl methyl sites for hydroxylation is 1. The quantitative estimate of drug-likeness (QED) is 0.453. The van der Waals surface area contributed by atoms with E-state index in [0.29, 0.717) is 36.1 Å². The van der Waals surface area contributed by atoms with Gasteiger partial charge in [0.25, 0.3) is 0 Å². The molecule has 2 saturated heterocycles. The average Bonchev–Trinajstić information content (AvgIpc) is 3.60. The van der Waals surface area contributed by atoms with E-state index in [0.717, 1.165) is 40.8 Å². The summed E-state index contributed by atoms with van der Waals surface area (Å²) in [7, 11) is -3.98. The molecule has 3 heterocycles. The maximum atomic E-state index is 13.9. The first-order valence-electron chi connectivity index (χ1n) is 11.5. The molecule has 0 bridgehead atoms. The van der Waals surface area contributed by atoms with Crippen molar-refractivity contribution in [3.8, 4) is 0 Å². The first-order chi connectivity index (χ1) is 16.8. The summed E-state index contributed by atoms with van der Waals surface area (Å²) in [5, 5.41) is 1.09. The molecule has 3 aromatic rings. The number of aromatic nitrogens is 1. The van der Waals surface area contributed by atoms with E-state index in [1.54, 1.807) is 11.0 Å². The lowest BCUT2D eigenvalue weighted by atomic mass is 10.2. The third-order valence-corrected chi connectivity index (χ3v) is 9.93. The predicted molar refractivity (Wildman–Crippen MR) is 134 cm³/mol. The number of halogens is 2. The van der Waals surface area contributed by atoms with Crippen LogP contribution in [0.2, 0.25) is 5.02 Å². The topological polar surface area (TPSA) is 79.8 Å². The van der Waals surface area contributed by atoms with Gasteiger partial charge in [-0.25, -0.2) is 17.8 Å². The van der Waals surface area contributed by atoms with Crippen molar-refractivity contribution in [2.75, 3.05) is 24.6 Å². The minimum atomic E-state index is -3.98. The third kappa shape index (κ3) is 4.70. The fourth-order valence-electron chi connectivity index (χ4n) is 4.66. The van der Waals surface area contributed by atoms with Crippen LogP contribution in [0.25, 0.3) is 10.2 Å². The Labute approximate surface area is 212 Å². The van der Waals surface area contributed by atoms with Gasteiger partial charge in [-0.2, -0.15) is 4.31 Å². The monoisotopic (exact) mass is 537 g/mol. The summed E-state index contributed by atoms with van der Waals surface area (Å²) >= 11 is 7.66. The number of carbonyl (C=O) groups excluding carboxylic acids is 1. The Bertz CT molecular complexity index is 1360. The van der Waals surface area contributed by atoms with Crippen molar-refractivity contribution in [1.29, 1.82) is 0 Å². The summed E-state index contributed by atoms with van der Waals surface area (Å²) in [4.78, 5) is 20.2. The van der Waals surface area contributed by atoms with Crippen LogP contribution in [0.4, 0.5) is 9.52 Å². The first kappa shape index (κ1) is 24.6. The number of thiazole rings is 1. The van der Waals surface area contributed by atoms with Gasteiger partial charge in [0.15, 0.2) is 5.13 Å². The van der Waals surface area contributed by atoms with E-state index >= 15 is 0 Å². The van der Waals surface area contributed by atoms with Gasteiger partial charge in [0.05, 0.1) is 27.8 Å².